The zero-order chi connectivity index (χ0) is 12.9. The second-order valence-corrected chi connectivity index (χ2v) is 5.95. The van der Waals surface area contributed by atoms with Crippen molar-refractivity contribution in [1.82, 2.24) is 10.2 Å². The van der Waals surface area contributed by atoms with Crippen LogP contribution in [0.25, 0.3) is 0 Å². The molecule has 3 aliphatic rings. The Hall–Kier alpha value is -1.32. The van der Waals surface area contributed by atoms with Gasteiger partial charge < -0.3 is 10.2 Å². The molecule has 0 spiro atoms. The molecule has 2 unspecified atom stereocenters. The number of nitrogens with one attached hydrogen (secondary N) is 1. The van der Waals surface area contributed by atoms with Crippen molar-refractivity contribution in [3.63, 3.8) is 0 Å². The van der Waals surface area contributed by atoms with Gasteiger partial charge in [0.15, 0.2) is 0 Å². The molecule has 1 saturated carbocycles. The second-order valence-electron chi connectivity index (χ2n) is 5.95. The van der Waals surface area contributed by atoms with E-state index in [9.17, 15) is 9.59 Å². The van der Waals surface area contributed by atoms with Crippen LogP contribution in [-0.2, 0) is 9.59 Å². The first-order valence-electron chi connectivity index (χ1n) is 6.84. The summed E-state index contributed by atoms with van der Waals surface area (Å²) >= 11 is 0. The predicted molar refractivity (Wildman–Crippen MR) is 67.7 cm³/mol. The lowest BCUT2D eigenvalue weighted by molar-refractivity contribution is -0.157. The fourth-order valence-corrected chi connectivity index (χ4v) is 3.23. The van der Waals surface area contributed by atoms with E-state index in [-0.39, 0.29) is 23.9 Å². The van der Waals surface area contributed by atoms with E-state index in [1.807, 2.05) is 18.7 Å². The van der Waals surface area contributed by atoms with E-state index in [1.165, 1.54) is 0 Å². The summed E-state index contributed by atoms with van der Waals surface area (Å²) in [7, 11) is 0. The third kappa shape index (κ3) is 1.58. The number of hydrogen-bond donors (Lipinski definition) is 1. The average molecular weight is 248 g/mol. The van der Waals surface area contributed by atoms with Gasteiger partial charge in [-0.15, -0.1) is 0 Å². The molecule has 1 N–H and O–H groups in total. The van der Waals surface area contributed by atoms with Crippen LogP contribution >= 0.6 is 0 Å². The van der Waals surface area contributed by atoms with Gasteiger partial charge in [-0.05, 0) is 45.4 Å². The van der Waals surface area contributed by atoms with Crippen LogP contribution in [0, 0.1) is 5.92 Å². The summed E-state index contributed by atoms with van der Waals surface area (Å²) in [6.07, 6.45) is 8.06. The molecule has 0 aromatic rings. The minimum Gasteiger partial charge on any atom is -0.340 e. The van der Waals surface area contributed by atoms with E-state index in [1.54, 1.807) is 0 Å². The fourth-order valence-electron chi connectivity index (χ4n) is 3.23. The fraction of sp³-hybridized carbons (Fsp3) is 0.714. The highest BCUT2D eigenvalue weighted by molar-refractivity contribution is 6.00. The largest absolute Gasteiger partial charge is 0.340 e. The van der Waals surface area contributed by atoms with E-state index in [0.29, 0.717) is 5.92 Å². The van der Waals surface area contributed by atoms with E-state index in [2.05, 4.69) is 17.5 Å². The summed E-state index contributed by atoms with van der Waals surface area (Å²) in [4.78, 5) is 26.7. The molecule has 2 amide bonds. The van der Waals surface area contributed by atoms with Gasteiger partial charge in [0.2, 0.25) is 11.8 Å². The van der Waals surface area contributed by atoms with Crippen molar-refractivity contribution >= 4 is 11.8 Å². The van der Waals surface area contributed by atoms with Crippen molar-refractivity contribution in [2.75, 3.05) is 0 Å². The molecule has 1 saturated heterocycles. The summed E-state index contributed by atoms with van der Waals surface area (Å²) in [5, 5.41) is 2.96. The Balaban J connectivity index is 1.89. The van der Waals surface area contributed by atoms with Crippen molar-refractivity contribution in [2.24, 2.45) is 5.92 Å². The first-order chi connectivity index (χ1) is 8.54. The number of carbonyl (C=O) groups is 2. The van der Waals surface area contributed by atoms with Gasteiger partial charge in [-0.1, -0.05) is 12.2 Å². The Morgan fingerprint density at radius 2 is 1.89 bits per heavy atom. The van der Waals surface area contributed by atoms with Crippen molar-refractivity contribution < 1.29 is 9.59 Å². The molecular weight excluding hydrogens is 228 g/mol. The van der Waals surface area contributed by atoms with Crippen LogP contribution in [0.1, 0.15) is 39.5 Å². The molecule has 1 aliphatic heterocycles. The standard InChI is InChI=1S/C14H20N2O2/c1-9-12(17)15-14(2,10-7-8-10)13(18)16(9)11-5-3-4-6-11/h3-4,9-11H,5-8H2,1-2H3,(H,15,17). The van der Waals surface area contributed by atoms with E-state index >= 15 is 0 Å². The van der Waals surface area contributed by atoms with Crippen molar-refractivity contribution in [3.05, 3.63) is 12.2 Å². The quantitative estimate of drug-likeness (QED) is 0.747. The number of amides is 2. The number of hydrogen-bond acceptors (Lipinski definition) is 2. The second kappa shape index (κ2) is 3.84. The maximum absolute atomic E-state index is 12.8. The van der Waals surface area contributed by atoms with Crippen LogP contribution in [0.4, 0.5) is 0 Å². The monoisotopic (exact) mass is 248 g/mol. The highest BCUT2D eigenvalue weighted by Crippen LogP contribution is 2.43. The lowest BCUT2D eigenvalue weighted by Crippen LogP contribution is -2.71. The molecular formula is C14H20N2O2. The molecule has 4 nitrogen and oxygen atoms in total. The average Bonchev–Trinajstić information content (AvgIpc) is 3.06. The van der Waals surface area contributed by atoms with Crippen LogP contribution in [0.2, 0.25) is 0 Å². The lowest BCUT2D eigenvalue weighted by atomic mass is 9.88. The van der Waals surface area contributed by atoms with E-state index in [0.717, 1.165) is 25.7 Å². The van der Waals surface area contributed by atoms with Crippen molar-refractivity contribution in [3.8, 4) is 0 Å². The van der Waals surface area contributed by atoms with Gasteiger partial charge in [0, 0.05) is 6.04 Å². The van der Waals surface area contributed by atoms with E-state index < -0.39 is 5.54 Å². The lowest BCUT2D eigenvalue weighted by Gasteiger charge is -2.46. The van der Waals surface area contributed by atoms with Gasteiger partial charge in [0.05, 0.1) is 0 Å². The van der Waals surface area contributed by atoms with Crippen molar-refractivity contribution in [2.45, 2.75) is 57.2 Å². The third-order valence-corrected chi connectivity index (χ3v) is 4.63. The first kappa shape index (κ1) is 11.8. The Kier molecular flexibility index (Phi) is 2.50. The highest BCUT2D eigenvalue weighted by Gasteiger charge is 2.55. The third-order valence-electron chi connectivity index (χ3n) is 4.63. The number of nitrogens with zero attached hydrogens (tertiary/aromatic N) is 1. The van der Waals surface area contributed by atoms with Gasteiger partial charge in [-0.25, -0.2) is 0 Å². The maximum Gasteiger partial charge on any atom is 0.249 e. The molecule has 1 heterocycles. The number of piperazine rings is 1. The molecule has 0 radical (unpaired) electrons. The zero-order valence-corrected chi connectivity index (χ0v) is 11.0. The van der Waals surface area contributed by atoms with Gasteiger partial charge in [-0.3, -0.25) is 9.59 Å². The molecule has 0 aromatic carbocycles. The summed E-state index contributed by atoms with van der Waals surface area (Å²) in [6.45, 7) is 3.73. The number of rotatable bonds is 2. The summed E-state index contributed by atoms with van der Waals surface area (Å²) in [5.41, 5.74) is -0.661. The SMILES string of the molecule is CC1C(=O)NC(C)(C2CC2)C(=O)N1C1CC=CC1. The van der Waals surface area contributed by atoms with Gasteiger partial charge in [-0.2, -0.15) is 0 Å². The van der Waals surface area contributed by atoms with Crippen LogP contribution in [0.3, 0.4) is 0 Å². The van der Waals surface area contributed by atoms with Gasteiger partial charge in [0.1, 0.15) is 11.6 Å². The molecule has 3 rings (SSSR count). The Bertz CT molecular complexity index is 420. The van der Waals surface area contributed by atoms with Crippen LogP contribution in [0.15, 0.2) is 12.2 Å². The molecule has 2 fully saturated rings. The number of carbonyl (C=O) groups excluding carboxylic acids is 2. The Labute approximate surface area is 107 Å². The minimum atomic E-state index is -0.661. The van der Waals surface area contributed by atoms with E-state index in [4.69, 9.17) is 0 Å². The normalized spacial score (nSPS) is 37.2. The van der Waals surface area contributed by atoms with Crippen molar-refractivity contribution in [1.29, 1.82) is 0 Å². The maximum atomic E-state index is 12.8. The Morgan fingerprint density at radius 1 is 1.28 bits per heavy atom. The first-order valence-corrected chi connectivity index (χ1v) is 6.84. The smallest absolute Gasteiger partial charge is 0.249 e. The topological polar surface area (TPSA) is 49.4 Å². The summed E-state index contributed by atoms with van der Waals surface area (Å²) in [6, 6.07) is -0.161. The van der Waals surface area contributed by atoms with Crippen LogP contribution < -0.4 is 5.32 Å². The van der Waals surface area contributed by atoms with Crippen LogP contribution in [0.5, 0.6) is 0 Å². The highest BCUT2D eigenvalue weighted by atomic mass is 16.2. The van der Waals surface area contributed by atoms with Crippen LogP contribution in [-0.4, -0.2) is 34.3 Å². The summed E-state index contributed by atoms with van der Waals surface area (Å²) < 4.78 is 0. The molecule has 0 bridgehead atoms. The predicted octanol–water partition coefficient (Wildman–Crippen LogP) is 1.22. The summed E-state index contributed by atoms with van der Waals surface area (Å²) in [5.74, 6) is 0.444. The van der Waals surface area contributed by atoms with Gasteiger partial charge in [0.25, 0.3) is 0 Å². The minimum absolute atomic E-state index is 0.00380. The molecule has 0 aromatic heterocycles. The molecule has 98 valence electrons. The zero-order valence-electron chi connectivity index (χ0n) is 11.0. The van der Waals surface area contributed by atoms with Gasteiger partial charge >= 0.3 is 0 Å². The molecule has 4 heteroatoms. The Morgan fingerprint density at radius 3 is 2.44 bits per heavy atom. The molecule has 2 atom stereocenters. The molecule has 2 aliphatic carbocycles. The molecule has 18 heavy (non-hydrogen) atoms.